The molecule has 1 aliphatic rings. The Bertz CT molecular complexity index is 842. The molecule has 0 bridgehead atoms. The van der Waals surface area contributed by atoms with E-state index in [9.17, 15) is 8.42 Å². The Kier molecular flexibility index (Phi) is 3.54. The van der Waals surface area contributed by atoms with E-state index in [1.54, 1.807) is 36.2 Å². The van der Waals surface area contributed by atoms with E-state index in [2.05, 4.69) is 19.4 Å². The number of nitrogens with zero attached hydrogens (tertiary/aromatic N) is 4. The predicted octanol–water partition coefficient (Wildman–Crippen LogP) is -0.0329. The lowest BCUT2D eigenvalue weighted by Crippen LogP contribution is -2.27. The van der Waals surface area contributed by atoms with Crippen LogP contribution in [0.5, 0.6) is 0 Å². The van der Waals surface area contributed by atoms with Crippen molar-refractivity contribution in [2.75, 3.05) is 18.4 Å². The summed E-state index contributed by atoms with van der Waals surface area (Å²) in [6.07, 6.45) is 1.74. The summed E-state index contributed by atoms with van der Waals surface area (Å²) in [5, 5.41) is 8.09. The SMILES string of the molecule is COCCn1cc(-c2cccc3c2C(N)=NS(=O)(=O)N3)nn1. The molecule has 0 saturated carbocycles. The van der Waals surface area contributed by atoms with Gasteiger partial charge in [0.25, 0.3) is 0 Å². The van der Waals surface area contributed by atoms with Crippen molar-refractivity contribution in [2.45, 2.75) is 6.54 Å². The lowest BCUT2D eigenvalue weighted by molar-refractivity contribution is 0.183. The number of benzene rings is 1. The number of aromatic nitrogens is 3. The maximum absolute atomic E-state index is 11.6. The highest BCUT2D eigenvalue weighted by Crippen LogP contribution is 2.31. The molecule has 3 rings (SSSR count). The van der Waals surface area contributed by atoms with Gasteiger partial charge in [-0.25, -0.2) is 4.68 Å². The van der Waals surface area contributed by atoms with Crippen LogP contribution in [0.3, 0.4) is 0 Å². The molecule has 22 heavy (non-hydrogen) atoms. The molecule has 2 heterocycles. The van der Waals surface area contributed by atoms with E-state index < -0.39 is 10.2 Å². The molecule has 116 valence electrons. The molecule has 0 unspecified atom stereocenters. The number of nitrogens with two attached hydrogens (primary N) is 1. The first kappa shape index (κ1) is 14.5. The third-order valence-electron chi connectivity index (χ3n) is 3.12. The van der Waals surface area contributed by atoms with Gasteiger partial charge in [-0.1, -0.05) is 17.3 Å². The highest BCUT2D eigenvalue weighted by molar-refractivity contribution is 7.91. The molecule has 0 fully saturated rings. The second kappa shape index (κ2) is 5.39. The van der Waals surface area contributed by atoms with E-state index in [4.69, 9.17) is 10.5 Å². The van der Waals surface area contributed by atoms with Gasteiger partial charge in [-0.05, 0) is 6.07 Å². The van der Waals surface area contributed by atoms with Crippen LogP contribution < -0.4 is 10.5 Å². The first-order valence-corrected chi connectivity index (χ1v) is 7.85. The minimum absolute atomic E-state index is 0.0733. The predicted molar refractivity (Wildman–Crippen MR) is 80.6 cm³/mol. The number of fused-ring (bicyclic) bond motifs is 1. The van der Waals surface area contributed by atoms with Crippen LogP contribution in [0.4, 0.5) is 5.69 Å². The number of anilines is 1. The first-order chi connectivity index (χ1) is 10.5. The molecule has 0 aliphatic carbocycles. The summed E-state index contributed by atoms with van der Waals surface area (Å²) in [6.45, 7) is 1.08. The highest BCUT2D eigenvalue weighted by Gasteiger charge is 2.24. The van der Waals surface area contributed by atoms with Crippen LogP contribution in [-0.4, -0.2) is 43.0 Å². The Labute approximate surface area is 127 Å². The van der Waals surface area contributed by atoms with Crippen LogP contribution in [-0.2, 0) is 21.5 Å². The molecular formula is C12H14N6O3S. The summed E-state index contributed by atoms with van der Waals surface area (Å²) in [6, 6.07) is 5.11. The topological polar surface area (TPSA) is 124 Å². The zero-order chi connectivity index (χ0) is 15.7. The van der Waals surface area contributed by atoms with Crippen molar-refractivity contribution in [1.82, 2.24) is 15.0 Å². The van der Waals surface area contributed by atoms with Crippen molar-refractivity contribution in [3.8, 4) is 11.3 Å². The summed E-state index contributed by atoms with van der Waals surface area (Å²) < 4.78 is 35.6. The average molecular weight is 322 g/mol. The smallest absolute Gasteiger partial charge is 0.344 e. The van der Waals surface area contributed by atoms with Gasteiger partial charge in [-0.15, -0.1) is 9.50 Å². The standard InChI is InChI=1S/C12H14N6O3S/c1-21-6-5-18-7-10(14-17-18)8-3-2-4-9-11(8)12(13)16-22(19,20)15-9/h2-4,7,15H,5-6H2,1H3,(H2,13,16). The molecule has 2 aromatic rings. The van der Waals surface area contributed by atoms with Crippen molar-refractivity contribution >= 4 is 21.7 Å². The van der Waals surface area contributed by atoms with Crippen molar-refractivity contribution in [1.29, 1.82) is 0 Å². The average Bonchev–Trinajstić information content (AvgIpc) is 2.91. The van der Waals surface area contributed by atoms with Crippen molar-refractivity contribution in [3.05, 3.63) is 30.0 Å². The van der Waals surface area contributed by atoms with Crippen LogP contribution in [0.25, 0.3) is 11.3 Å². The van der Waals surface area contributed by atoms with Gasteiger partial charge in [0.05, 0.1) is 30.6 Å². The molecule has 1 aliphatic heterocycles. The summed E-state index contributed by atoms with van der Waals surface area (Å²) in [5.41, 5.74) is 7.90. The zero-order valence-electron chi connectivity index (χ0n) is 11.7. The van der Waals surface area contributed by atoms with E-state index in [-0.39, 0.29) is 5.84 Å². The van der Waals surface area contributed by atoms with Gasteiger partial charge >= 0.3 is 10.2 Å². The van der Waals surface area contributed by atoms with Gasteiger partial charge in [-0.2, -0.15) is 8.42 Å². The second-order valence-corrected chi connectivity index (χ2v) is 5.98. The van der Waals surface area contributed by atoms with Gasteiger partial charge in [0.2, 0.25) is 0 Å². The molecule has 10 heteroatoms. The van der Waals surface area contributed by atoms with Gasteiger partial charge in [-0.3, -0.25) is 4.72 Å². The first-order valence-electron chi connectivity index (χ1n) is 6.41. The molecular weight excluding hydrogens is 308 g/mol. The van der Waals surface area contributed by atoms with Crippen LogP contribution in [0.2, 0.25) is 0 Å². The van der Waals surface area contributed by atoms with Crippen LogP contribution in [0, 0.1) is 0 Å². The molecule has 0 atom stereocenters. The lowest BCUT2D eigenvalue weighted by atomic mass is 10.0. The van der Waals surface area contributed by atoms with E-state index in [0.29, 0.717) is 35.7 Å². The number of amidine groups is 1. The normalized spacial score (nSPS) is 15.8. The maximum Gasteiger partial charge on any atom is 0.344 e. The molecule has 1 aromatic carbocycles. The monoisotopic (exact) mass is 322 g/mol. The molecule has 0 saturated heterocycles. The number of ether oxygens (including phenoxy) is 1. The fraction of sp³-hybridized carbons (Fsp3) is 0.250. The van der Waals surface area contributed by atoms with E-state index >= 15 is 0 Å². The van der Waals surface area contributed by atoms with Gasteiger partial charge in [0.1, 0.15) is 11.5 Å². The summed E-state index contributed by atoms with van der Waals surface area (Å²) in [4.78, 5) is 0. The number of hydrogen-bond donors (Lipinski definition) is 2. The van der Waals surface area contributed by atoms with Crippen molar-refractivity contribution in [3.63, 3.8) is 0 Å². The van der Waals surface area contributed by atoms with Crippen LogP contribution in [0.1, 0.15) is 5.56 Å². The molecule has 0 radical (unpaired) electrons. The van der Waals surface area contributed by atoms with E-state index in [0.717, 1.165) is 0 Å². The highest BCUT2D eigenvalue weighted by atomic mass is 32.2. The molecule has 0 spiro atoms. The second-order valence-electron chi connectivity index (χ2n) is 4.64. The van der Waals surface area contributed by atoms with Gasteiger partial charge in [0, 0.05) is 12.7 Å². The molecule has 3 N–H and O–H groups in total. The van der Waals surface area contributed by atoms with E-state index in [1.807, 2.05) is 0 Å². The van der Waals surface area contributed by atoms with Crippen molar-refractivity contribution < 1.29 is 13.2 Å². The Morgan fingerprint density at radius 3 is 3.00 bits per heavy atom. The number of methoxy groups -OCH3 is 1. The Morgan fingerprint density at radius 1 is 1.41 bits per heavy atom. The molecule has 1 aromatic heterocycles. The third-order valence-corrected chi connectivity index (χ3v) is 4.03. The Morgan fingerprint density at radius 2 is 2.23 bits per heavy atom. The zero-order valence-corrected chi connectivity index (χ0v) is 12.5. The molecule has 0 amide bonds. The minimum Gasteiger partial charge on any atom is -0.383 e. The van der Waals surface area contributed by atoms with Crippen LogP contribution >= 0.6 is 0 Å². The maximum atomic E-state index is 11.6. The summed E-state index contributed by atoms with van der Waals surface area (Å²) in [5.74, 6) is -0.0733. The fourth-order valence-electron chi connectivity index (χ4n) is 2.18. The van der Waals surface area contributed by atoms with Gasteiger partial charge in [0.15, 0.2) is 0 Å². The number of rotatable bonds is 4. The third kappa shape index (κ3) is 2.65. The van der Waals surface area contributed by atoms with Gasteiger partial charge < -0.3 is 10.5 Å². The minimum atomic E-state index is -3.80. The quantitative estimate of drug-likeness (QED) is 0.814. The Hall–Kier alpha value is -2.46. The summed E-state index contributed by atoms with van der Waals surface area (Å²) in [7, 11) is -2.19. The lowest BCUT2D eigenvalue weighted by Gasteiger charge is -2.17. The number of nitrogens with one attached hydrogen (secondary N) is 1. The van der Waals surface area contributed by atoms with E-state index in [1.165, 1.54) is 0 Å². The molecule has 9 nitrogen and oxygen atoms in total. The fourth-order valence-corrected chi connectivity index (χ4v) is 3.02. The summed E-state index contributed by atoms with van der Waals surface area (Å²) >= 11 is 0. The Balaban J connectivity index is 2.05. The number of hydrogen-bond acceptors (Lipinski definition) is 6. The van der Waals surface area contributed by atoms with Crippen LogP contribution in [0.15, 0.2) is 28.8 Å². The van der Waals surface area contributed by atoms with Crippen molar-refractivity contribution in [2.24, 2.45) is 10.1 Å². The largest absolute Gasteiger partial charge is 0.383 e.